The average molecular weight is 372 g/mol. The molecule has 21 heavy (non-hydrogen) atoms. The highest BCUT2D eigenvalue weighted by molar-refractivity contribution is 9.10. The first-order chi connectivity index (χ1) is 9.88. The minimum Gasteiger partial charge on any atom is -0.478 e. The Bertz CT molecular complexity index is 562. The number of carboxylic acids is 1. The van der Waals surface area contributed by atoms with Crippen molar-refractivity contribution in [1.29, 1.82) is 0 Å². The van der Waals surface area contributed by atoms with Crippen LogP contribution in [-0.4, -0.2) is 46.0 Å². The molecule has 6 heteroatoms. The van der Waals surface area contributed by atoms with Crippen molar-refractivity contribution in [2.45, 2.75) is 19.1 Å². The van der Waals surface area contributed by atoms with Crippen molar-refractivity contribution in [1.82, 2.24) is 4.90 Å². The quantitative estimate of drug-likeness (QED) is 0.884. The van der Waals surface area contributed by atoms with Crippen LogP contribution < -0.4 is 0 Å². The number of halogens is 1. The molecule has 1 aromatic carbocycles. The van der Waals surface area contributed by atoms with Gasteiger partial charge in [0, 0.05) is 34.1 Å². The number of amides is 1. The Hall–Kier alpha value is -1.01. The molecule has 1 N–H and O–H groups in total. The molecule has 0 spiro atoms. The van der Waals surface area contributed by atoms with Gasteiger partial charge in [-0.1, -0.05) is 29.8 Å². The first-order valence-corrected chi connectivity index (χ1v) is 8.67. The molecule has 1 heterocycles. The highest BCUT2D eigenvalue weighted by Gasteiger charge is 2.27. The van der Waals surface area contributed by atoms with Gasteiger partial charge in [0.1, 0.15) is 0 Å². The second-order valence-electron chi connectivity index (χ2n) is 5.44. The van der Waals surface area contributed by atoms with Crippen LogP contribution in [-0.2, 0) is 0 Å². The molecule has 1 saturated heterocycles. The summed E-state index contributed by atoms with van der Waals surface area (Å²) in [6, 6.07) is 4.63. The van der Waals surface area contributed by atoms with E-state index in [-0.39, 0.29) is 11.5 Å². The molecule has 1 aliphatic rings. The van der Waals surface area contributed by atoms with Gasteiger partial charge in [0.15, 0.2) is 0 Å². The summed E-state index contributed by atoms with van der Waals surface area (Å²) in [5, 5.41) is 9.53. The van der Waals surface area contributed by atoms with Crippen LogP contribution >= 0.6 is 27.7 Å². The normalized spacial score (nSPS) is 18.9. The Kier molecular flexibility index (Phi) is 5.32. The van der Waals surface area contributed by atoms with Crippen molar-refractivity contribution in [3.63, 3.8) is 0 Å². The van der Waals surface area contributed by atoms with Crippen molar-refractivity contribution in [3.8, 4) is 0 Å². The zero-order valence-electron chi connectivity index (χ0n) is 12.0. The summed E-state index contributed by atoms with van der Waals surface area (Å²) in [5.41, 5.74) is 0.552. The van der Waals surface area contributed by atoms with Crippen LogP contribution in [0.5, 0.6) is 0 Å². The van der Waals surface area contributed by atoms with E-state index >= 15 is 0 Å². The number of benzene rings is 1. The van der Waals surface area contributed by atoms with Crippen molar-refractivity contribution in [2.24, 2.45) is 5.92 Å². The molecule has 1 amide bonds. The molecular weight excluding hydrogens is 354 g/mol. The van der Waals surface area contributed by atoms with Crippen LogP contribution in [0.3, 0.4) is 0 Å². The lowest BCUT2D eigenvalue weighted by molar-refractivity contribution is 0.0697. The van der Waals surface area contributed by atoms with E-state index in [1.165, 1.54) is 12.1 Å². The number of thioether (sulfide) groups is 1. The Balaban J connectivity index is 2.21. The number of nitrogens with zero attached hydrogens (tertiary/aromatic N) is 1. The van der Waals surface area contributed by atoms with Crippen molar-refractivity contribution >= 4 is 39.6 Å². The minimum absolute atomic E-state index is 0.0928. The zero-order chi connectivity index (χ0) is 15.6. The topological polar surface area (TPSA) is 57.6 Å². The van der Waals surface area contributed by atoms with Gasteiger partial charge in [-0.25, -0.2) is 4.79 Å². The summed E-state index contributed by atoms with van der Waals surface area (Å²) >= 11 is 5.17. The Labute approximate surface area is 137 Å². The fourth-order valence-corrected chi connectivity index (χ4v) is 4.07. The van der Waals surface area contributed by atoms with Gasteiger partial charge in [0.25, 0.3) is 5.91 Å². The van der Waals surface area contributed by atoms with Gasteiger partial charge >= 0.3 is 5.97 Å². The van der Waals surface area contributed by atoms with E-state index in [1.54, 1.807) is 6.07 Å². The van der Waals surface area contributed by atoms with Crippen molar-refractivity contribution < 1.29 is 14.7 Å². The van der Waals surface area contributed by atoms with Gasteiger partial charge in [-0.2, -0.15) is 11.8 Å². The Morgan fingerprint density at radius 3 is 2.62 bits per heavy atom. The lowest BCUT2D eigenvalue weighted by Crippen LogP contribution is -2.43. The lowest BCUT2D eigenvalue weighted by atomic mass is 10.1. The fourth-order valence-electron chi connectivity index (χ4n) is 2.28. The summed E-state index contributed by atoms with van der Waals surface area (Å²) in [6.45, 7) is 5.75. The largest absolute Gasteiger partial charge is 0.478 e. The predicted octanol–water partition coefficient (Wildman–Crippen LogP) is 3.36. The molecule has 0 radical (unpaired) electrons. The Morgan fingerprint density at radius 1 is 1.33 bits per heavy atom. The third kappa shape index (κ3) is 4.01. The van der Waals surface area contributed by atoms with Crippen LogP contribution in [0, 0.1) is 5.92 Å². The second-order valence-corrected chi connectivity index (χ2v) is 7.70. The average Bonchev–Trinajstić information content (AvgIpc) is 2.45. The number of carbonyl (C=O) groups excluding carboxylic acids is 1. The van der Waals surface area contributed by atoms with Gasteiger partial charge in [0.05, 0.1) is 5.56 Å². The van der Waals surface area contributed by atoms with E-state index in [0.29, 0.717) is 27.7 Å². The first kappa shape index (κ1) is 16.4. The highest BCUT2D eigenvalue weighted by Crippen LogP contribution is 2.26. The van der Waals surface area contributed by atoms with Gasteiger partial charge in [-0.05, 0) is 24.1 Å². The lowest BCUT2D eigenvalue weighted by Gasteiger charge is -2.34. The van der Waals surface area contributed by atoms with E-state index < -0.39 is 5.97 Å². The maximum absolute atomic E-state index is 12.6. The number of hydrogen-bond acceptors (Lipinski definition) is 3. The number of carbonyl (C=O) groups is 2. The third-order valence-corrected chi connectivity index (χ3v) is 5.51. The molecule has 1 unspecified atom stereocenters. The van der Waals surface area contributed by atoms with Gasteiger partial charge in [-0.3, -0.25) is 4.79 Å². The van der Waals surface area contributed by atoms with Crippen LogP contribution in [0.25, 0.3) is 0 Å². The van der Waals surface area contributed by atoms with Crippen molar-refractivity contribution in [3.05, 3.63) is 33.8 Å². The SMILES string of the molecule is CC(C)C1CN(C(=O)c2cc(Br)cc(C(=O)O)c2)CCS1. The van der Waals surface area contributed by atoms with E-state index in [2.05, 4.69) is 29.8 Å². The molecule has 0 aliphatic carbocycles. The molecule has 1 fully saturated rings. The molecule has 114 valence electrons. The van der Waals surface area contributed by atoms with E-state index in [9.17, 15) is 9.59 Å². The maximum Gasteiger partial charge on any atom is 0.335 e. The maximum atomic E-state index is 12.6. The smallest absolute Gasteiger partial charge is 0.335 e. The number of aromatic carboxylic acids is 1. The Morgan fingerprint density at radius 2 is 2.00 bits per heavy atom. The number of hydrogen-bond donors (Lipinski definition) is 1. The van der Waals surface area contributed by atoms with E-state index in [1.807, 2.05) is 16.7 Å². The standard InChI is InChI=1S/C15H18BrNO3S/c1-9(2)13-8-17(3-4-21-13)14(18)10-5-11(15(19)20)7-12(16)6-10/h5-7,9,13H,3-4,8H2,1-2H3,(H,19,20). The molecule has 0 saturated carbocycles. The van der Waals surface area contributed by atoms with Crippen LogP contribution in [0.1, 0.15) is 34.6 Å². The molecule has 2 rings (SSSR count). The monoisotopic (exact) mass is 371 g/mol. The fraction of sp³-hybridized carbons (Fsp3) is 0.467. The van der Waals surface area contributed by atoms with E-state index in [0.717, 1.165) is 12.3 Å². The summed E-state index contributed by atoms with van der Waals surface area (Å²) in [4.78, 5) is 25.5. The molecule has 4 nitrogen and oxygen atoms in total. The summed E-state index contributed by atoms with van der Waals surface area (Å²) in [5.74, 6) is 0.320. The molecule has 0 aromatic heterocycles. The van der Waals surface area contributed by atoms with Crippen LogP contribution in [0.15, 0.2) is 22.7 Å². The predicted molar refractivity (Wildman–Crippen MR) is 88.1 cm³/mol. The van der Waals surface area contributed by atoms with Crippen molar-refractivity contribution in [2.75, 3.05) is 18.8 Å². The van der Waals surface area contributed by atoms with E-state index in [4.69, 9.17) is 5.11 Å². The summed E-state index contributed by atoms with van der Waals surface area (Å²) in [7, 11) is 0. The number of rotatable bonds is 3. The highest BCUT2D eigenvalue weighted by atomic mass is 79.9. The summed E-state index contributed by atoms with van der Waals surface area (Å²) < 4.78 is 0.609. The molecule has 1 aliphatic heterocycles. The van der Waals surface area contributed by atoms with Gasteiger partial charge in [-0.15, -0.1) is 0 Å². The minimum atomic E-state index is -1.03. The molecule has 0 bridgehead atoms. The molecule has 1 atom stereocenters. The van der Waals surface area contributed by atoms with Gasteiger partial charge in [0.2, 0.25) is 0 Å². The first-order valence-electron chi connectivity index (χ1n) is 6.83. The van der Waals surface area contributed by atoms with Gasteiger partial charge < -0.3 is 10.0 Å². The van der Waals surface area contributed by atoms with Crippen LogP contribution in [0.4, 0.5) is 0 Å². The van der Waals surface area contributed by atoms with Crippen LogP contribution in [0.2, 0.25) is 0 Å². The zero-order valence-corrected chi connectivity index (χ0v) is 14.4. The second kappa shape index (κ2) is 6.83. The summed E-state index contributed by atoms with van der Waals surface area (Å²) in [6.07, 6.45) is 0. The molecule has 1 aromatic rings. The number of carboxylic acid groups (broad SMARTS) is 1. The third-order valence-electron chi connectivity index (χ3n) is 3.52. The molecular formula is C15H18BrNO3S.